The minimum Gasteiger partial charge on any atom is -0.396 e. The maximum absolute atomic E-state index is 13.4. The molecule has 2 saturated heterocycles. The number of ketones is 1. The summed E-state index contributed by atoms with van der Waals surface area (Å²) in [5.41, 5.74) is -3.18. The largest absolute Gasteiger partial charge is 0.396 e. The van der Waals surface area contributed by atoms with Gasteiger partial charge in [0.2, 0.25) is 5.79 Å². The van der Waals surface area contributed by atoms with Crippen molar-refractivity contribution >= 4 is 5.78 Å². The molecule has 2 heterocycles. The molecule has 0 radical (unpaired) electrons. The lowest BCUT2D eigenvalue weighted by Gasteiger charge is -2.74. The number of fused-ring (bicyclic) bond motifs is 2. The van der Waals surface area contributed by atoms with E-state index in [1.807, 2.05) is 6.92 Å². The molecule has 27 heavy (non-hydrogen) atoms. The molecule has 0 aromatic carbocycles. The molecule has 0 aromatic rings. The van der Waals surface area contributed by atoms with Crippen LogP contribution in [0.5, 0.6) is 0 Å². The Balaban J connectivity index is 1.80. The van der Waals surface area contributed by atoms with Crippen LogP contribution in [0.15, 0.2) is 12.2 Å². The molecule has 10 atom stereocenters. The average Bonchev–Trinajstić information content (AvgIpc) is 2.76. The monoisotopic (exact) mass is 380 g/mol. The molecule has 7 heteroatoms. The topological polar surface area (TPSA) is 127 Å². The maximum atomic E-state index is 13.4. The van der Waals surface area contributed by atoms with Crippen molar-refractivity contribution in [2.45, 2.75) is 56.7 Å². The van der Waals surface area contributed by atoms with Crippen molar-refractivity contribution in [1.82, 2.24) is 0 Å². The Kier molecular flexibility index (Phi) is 3.38. The first-order chi connectivity index (χ1) is 12.6. The zero-order valence-corrected chi connectivity index (χ0v) is 15.5. The molecule has 0 amide bonds. The van der Waals surface area contributed by atoms with Crippen LogP contribution in [0.4, 0.5) is 0 Å². The van der Waals surface area contributed by atoms with Crippen molar-refractivity contribution in [2.75, 3.05) is 13.2 Å². The van der Waals surface area contributed by atoms with Gasteiger partial charge in [-0.25, -0.2) is 0 Å². The summed E-state index contributed by atoms with van der Waals surface area (Å²) in [5, 5.41) is 55.3. The van der Waals surface area contributed by atoms with Crippen molar-refractivity contribution in [3.63, 3.8) is 0 Å². The van der Waals surface area contributed by atoms with Gasteiger partial charge >= 0.3 is 0 Å². The molecule has 7 nitrogen and oxygen atoms in total. The van der Waals surface area contributed by atoms with Crippen molar-refractivity contribution in [2.24, 2.45) is 34.0 Å². The average molecular weight is 380 g/mol. The maximum Gasteiger partial charge on any atom is 0.208 e. The molecule has 6 fully saturated rings. The molecule has 4 saturated carbocycles. The summed E-state index contributed by atoms with van der Waals surface area (Å²) >= 11 is 0. The third-order valence-corrected chi connectivity index (χ3v) is 9.08. The van der Waals surface area contributed by atoms with Crippen molar-refractivity contribution < 1.29 is 35.1 Å². The van der Waals surface area contributed by atoms with Crippen LogP contribution in [-0.4, -0.2) is 68.6 Å². The Morgan fingerprint density at radius 2 is 1.89 bits per heavy atom. The number of ether oxygens (including phenoxy) is 1. The van der Waals surface area contributed by atoms with Gasteiger partial charge in [0.05, 0.1) is 18.8 Å². The van der Waals surface area contributed by atoms with Gasteiger partial charge in [-0.15, -0.1) is 0 Å². The summed E-state index contributed by atoms with van der Waals surface area (Å²) in [4.78, 5) is 13.4. The number of aliphatic hydroxyl groups is 5. The summed E-state index contributed by atoms with van der Waals surface area (Å²) in [7, 11) is 0. The Hall–Kier alpha value is -0.830. The SMILES string of the molecule is C=C1C(=O)[C@]23[C@H](O)[C@H]1CC[C@H]2[C@@]12CO[C@@]3(O)[C@@H](O)[C@@H]1[C@](C)(CO)CC[C@@H]2O. The smallest absolute Gasteiger partial charge is 0.208 e. The zero-order chi connectivity index (χ0) is 19.6. The van der Waals surface area contributed by atoms with Gasteiger partial charge in [-0.2, -0.15) is 0 Å². The molecular formula is C20H28O7. The minimum absolute atomic E-state index is 0.00839. The van der Waals surface area contributed by atoms with Crippen LogP contribution in [0.1, 0.15) is 32.6 Å². The number of Topliss-reactive ketones (excluding diaryl/α,β-unsaturated/α-hetero) is 1. The van der Waals surface area contributed by atoms with E-state index in [1.165, 1.54) is 0 Å². The van der Waals surface area contributed by atoms with E-state index in [1.54, 1.807) is 0 Å². The van der Waals surface area contributed by atoms with Gasteiger partial charge in [0.15, 0.2) is 5.78 Å². The van der Waals surface area contributed by atoms with E-state index in [-0.39, 0.29) is 18.8 Å². The first-order valence-electron chi connectivity index (χ1n) is 9.88. The Morgan fingerprint density at radius 1 is 1.19 bits per heavy atom. The number of hydrogen-bond donors (Lipinski definition) is 5. The predicted octanol–water partition coefficient (Wildman–Crippen LogP) is -0.652. The number of aliphatic hydroxyl groups excluding tert-OH is 4. The van der Waals surface area contributed by atoms with Crippen LogP contribution in [0.25, 0.3) is 0 Å². The first kappa shape index (κ1) is 18.2. The standard InChI is InChI=1S/C20H28O7/c1-9-10-3-4-11-18-8-27-20(26,19(11,14(9)23)15(10)24)16(25)13(18)17(2,7-21)6-5-12(18)22/h10-13,15-16,21-22,24-26H,1,3-8H2,2H3/t10-,11-,12-,13+,15+,16-,17-,18+,19-,20-/m0/s1. The third kappa shape index (κ3) is 1.56. The quantitative estimate of drug-likeness (QED) is 0.383. The van der Waals surface area contributed by atoms with E-state index in [0.717, 1.165) is 0 Å². The second-order valence-corrected chi connectivity index (χ2v) is 9.79. The van der Waals surface area contributed by atoms with Crippen LogP contribution in [-0.2, 0) is 9.53 Å². The highest BCUT2D eigenvalue weighted by molar-refractivity contribution is 6.05. The van der Waals surface area contributed by atoms with Crippen LogP contribution < -0.4 is 0 Å². The second-order valence-electron chi connectivity index (χ2n) is 9.79. The number of carbonyl (C=O) groups is 1. The molecule has 6 rings (SSSR count). The summed E-state index contributed by atoms with van der Waals surface area (Å²) in [6.07, 6.45) is -1.59. The van der Waals surface area contributed by atoms with Gasteiger partial charge < -0.3 is 30.3 Å². The predicted molar refractivity (Wildman–Crippen MR) is 92.1 cm³/mol. The molecule has 150 valence electrons. The summed E-state index contributed by atoms with van der Waals surface area (Å²) in [6.45, 7) is 5.50. The third-order valence-electron chi connectivity index (χ3n) is 9.08. The van der Waals surface area contributed by atoms with Crippen LogP contribution in [0.2, 0.25) is 0 Å². The van der Waals surface area contributed by atoms with Crippen molar-refractivity contribution in [3.05, 3.63) is 12.2 Å². The van der Waals surface area contributed by atoms with E-state index in [2.05, 4.69) is 6.58 Å². The van der Waals surface area contributed by atoms with Gasteiger partial charge in [-0.05, 0) is 42.6 Å². The van der Waals surface area contributed by atoms with Gasteiger partial charge in [-0.3, -0.25) is 4.79 Å². The molecule has 6 aliphatic rings. The lowest BCUT2D eigenvalue weighted by molar-refractivity contribution is -0.459. The highest BCUT2D eigenvalue weighted by Gasteiger charge is 2.87. The van der Waals surface area contributed by atoms with Crippen molar-refractivity contribution in [1.29, 1.82) is 0 Å². The Bertz CT molecular complexity index is 738. The molecule has 5 N–H and O–H groups in total. The Morgan fingerprint density at radius 3 is 2.56 bits per heavy atom. The molecule has 4 bridgehead atoms. The number of rotatable bonds is 1. The molecule has 0 unspecified atom stereocenters. The lowest BCUT2D eigenvalue weighted by Crippen LogP contribution is -2.86. The fraction of sp³-hybridized carbons (Fsp3) is 0.850. The Labute approximate surface area is 157 Å². The molecule has 4 aliphatic carbocycles. The second kappa shape index (κ2) is 5.01. The van der Waals surface area contributed by atoms with E-state index < -0.39 is 63.9 Å². The summed E-state index contributed by atoms with van der Waals surface area (Å²) in [5.74, 6) is -4.36. The van der Waals surface area contributed by atoms with Gasteiger partial charge in [0.1, 0.15) is 11.5 Å². The molecule has 0 aromatic heterocycles. The van der Waals surface area contributed by atoms with Gasteiger partial charge in [-0.1, -0.05) is 13.5 Å². The van der Waals surface area contributed by atoms with Gasteiger partial charge in [0, 0.05) is 23.9 Å². The normalized spacial score (nSPS) is 61.7. The number of carbonyl (C=O) groups excluding carboxylic acids is 1. The van der Waals surface area contributed by atoms with Crippen LogP contribution in [0, 0.1) is 34.0 Å². The molecule has 2 aliphatic heterocycles. The highest BCUT2D eigenvalue weighted by Crippen LogP contribution is 2.76. The lowest BCUT2D eigenvalue weighted by atomic mass is 9.35. The van der Waals surface area contributed by atoms with E-state index in [9.17, 15) is 30.3 Å². The zero-order valence-electron chi connectivity index (χ0n) is 15.5. The van der Waals surface area contributed by atoms with E-state index >= 15 is 0 Å². The fourth-order valence-corrected chi connectivity index (χ4v) is 7.91. The van der Waals surface area contributed by atoms with E-state index in [4.69, 9.17) is 4.74 Å². The first-order valence-corrected chi connectivity index (χ1v) is 9.88. The van der Waals surface area contributed by atoms with E-state index in [0.29, 0.717) is 25.7 Å². The molecule has 2 spiro atoms. The number of hydrogen-bond acceptors (Lipinski definition) is 7. The van der Waals surface area contributed by atoms with Crippen LogP contribution >= 0.6 is 0 Å². The highest BCUT2D eigenvalue weighted by atomic mass is 16.6. The van der Waals surface area contributed by atoms with Gasteiger partial charge in [0.25, 0.3) is 0 Å². The summed E-state index contributed by atoms with van der Waals surface area (Å²) < 4.78 is 5.77. The minimum atomic E-state index is -2.26. The summed E-state index contributed by atoms with van der Waals surface area (Å²) in [6, 6.07) is 0. The fourth-order valence-electron chi connectivity index (χ4n) is 7.91. The van der Waals surface area contributed by atoms with Crippen molar-refractivity contribution in [3.8, 4) is 0 Å². The van der Waals surface area contributed by atoms with Crippen LogP contribution in [0.3, 0.4) is 0 Å². The molecular weight excluding hydrogens is 352 g/mol.